The maximum absolute atomic E-state index is 12.0. The molecule has 1 saturated heterocycles. The zero-order chi connectivity index (χ0) is 15.0. The summed E-state index contributed by atoms with van der Waals surface area (Å²) < 4.78 is 15.3. The molecule has 6 heteroatoms. The number of hydrogen-bond acceptors (Lipinski definition) is 5. The lowest BCUT2D eigenvalue weighted by Crippen LogP contribution is -2.39. The zero-order valence-electron chi connectivity index (χ0n) is 12.6. The van der Waals surface area contributed by atoms with Crippen LogP contribution in [0.5, 0.6) is 0 Å². The lowest BCUT2D eigenvalue weighted by molar-refractivity contribution is -0.140. The van der Waals surface area contributed by atoms with Crippen LogP contribution in [0.25, 0.3) is 0 Å². The molecule has 0 saturated carbocycles. The molecule has 1 unspecified atom stereocenters. The van der Waals surface area contributed by atoms with Gasteiger partial charge in [0.05, 0.1) is 32.8 Å². The van der Waals surface area contributed by atoms with Gasteiger partial charge in [0.2, 0.25) is 0 Å². The van der Waals surface area contributed by atoms with Crippen LogP contribution >= 0.6 is 0 Å². The molecule has 6 nitrogen and oxygen atoms in total. The van der Waals surface area contributed by atoms with Gasteiger partial charge in [-0.25, -0.2) is 4.79 Å². The van der Waals surface area contributed by atoms with Crippen LogP contribution in [0.2, 0.25) is 0 Å². The third kappa shape index (κ3) is 6.23. The molecule has 0 N–H and O–H groups in total. The van der Waals surface area contributed by atoms with Gasteiger partial charge in [-0.1, -0.05) is 13.8 Å². The van der Waals surface area contributed by atoms with Crippen LogP contribution in [0.3, 0.4) is 0 Å². The molecule has 1 rings (SSSR count). The second-order valence-electron chi connectivity index (χ2n) is 5.38. The number of ether oxygens (including phenoxy) is 3. The third-order valence-corrected chi connectivity index (χ3v) is 3.06. The van der Waals surface area contributed by atoms with Gasteiger partial charge in [-0.2, -0.15) is 0 Å². The minimum absolute atomic E-state index is 0.0410. The Bertz CT molecular complexity index is 313. The normalized spacial score (nSPS) is 18.1. The molecule has 1 atom stereocenters. The predicted molar refractivity (Wildman–Crippen MR) is 73.4 cm³/mol. The van der Waals surface area contributed by atoms with Crippen molar-refractivity contribution in [1.29, 1.82) is 0 Å². The Labute approximate surface area is 120 Å². The molecule has 0 aromatic rings. The second-order valence-corrected chi connectivity index (χ2v) is 5.38. The largest absolute Gasteiger partial charge is 0.469 e. The van der Waals surface area contributed by atoms with Crippen molar-refractivity contribution < 1.29 is 23.8 Å². The van der Waals surface area contributed by atoms with Crippen molar-refractivity contribution in [3.05, 3.63) is 0 Å². The molecular weight excluding hydrogens is 262 g/mol. The van der Waals surface area contributed by atoms with E-state index >= 15 is 0 Å². The second kappa shape index (κ2) is 8.79. The summed E-state index contributed by atoms with van der Waals surface area (Å²) in [6.07, 6.45) is 1.76. The average molecular weight is 287 g/mol. The monoisotopic (exact) mass is 287 g/mol. The molecule has 116 valence electrons. The van der Waals surface area contributed by atoms with Crippen LogP contribution in [0, 0.1) is 5.92 Å². The van der Waals surface area contributed by atoms with Crippen LogP contribution < -0.4 is 0 Å². The lowest BCUT2D eigenvalue weighted by atomic mass is 10.2. The van der Waals surface area contributed by atoms with Gasteiger partial charge >= 0.3 is 12.1 Å². The number of rotatable bonds is 7. The smallest absolute Gasteiger partial charge is 0.409 e. The van der Waals surface area contributed by atoms with Crippen molar-refractivity contribution in [3.8, 4) is 0 Å². The van der Waals surface area contributed by atoms with Gasteiger partial charge in [-0.05, 0) is 18.8 Å². The first-order chi connectivity index (χ1) is 9.52. The number of methoxy groups -OCH3 is 1. The minimum Gasteiger partial charge on any atom is -0.469 e. The molecule has 20 heavy (non-hydrogen) atoms. The zero-order valence-corrected chi connectivity index (χ0v) is 12.6. The Morgan fingerprint density at radius 1 is 1.40 bits per heavy atom. The van der Waals surface area contributed by atoms with Crippen molar-refractivity contribution in [3.63, 3.8) is 0 Å². The van der Waals surface area contributed by atoms with E-state index in [1.165, 1.54) is 12.0 Å². The molecule has 1 heterocycles. The van der Waals surface area contributed by atoms with Crippen molar-refractivity contribution >= 4 is 12.1 Å². The van der Waals surface area contributed by atoms with Crippen molar-refractivity contribution in [2.45, 2.75) is 39.2 Å². The maximum atomic E-state index is 12.0. The van der Waals surface area contributed by atoms with Crippen LogP contribution in [0.15, 0.2) is 0 Å². The van der Waals surface area contributed by atoms with Gasteiger partial charge in [0.25, 0.3) is 0 Å². The predicted octanol–water partition coefficient (Wildman–Crippen LogP) is 1.82. The van der Waals surface area contributed by atoms with Crippen LogP contribution in [0.1, 0.15) is 33.1 Å². The number of carbonyl (C=O) groups is 2. The number of carbonyl (C=O) groups excluding carboxylic acids is 2. The topological polar surface area (TPSA) is 65.1 Å². The number of nitrogens with zero attached hydrogens (tertiary/aromatic N) is 1. The number of amides is 1. The summed E-state index contributed by atoms with van der Waals surface area (Å²) in [5, 5.41) is 0. The molecule has 0 aliphatic carbocycles. The Kier molecular flexibility index (Phi) is 7.36. The molecule has 1 fully saturated rings. The summed E-state index contributed by atoms with van der Waals surface area (Å²) in [5.74, 6) is -0.0527. The summed E-state index contributed by atoms with van der Waals surface area (Å²) in [5.41, 5.74) is 0. The SMILES string of the molecule is COC(=O)CCN(CC1CCCO1)C(=O)OCC(C)C. The van der Waals surface area contributed by atoms with E-state index in [0.717, 1.165) is 19.4 Å². The van der Waals surface area contributed by atoms with Gasteiger partial charge in [0.15, 0.2) is 0 Å². The average Bonchev–Trinajstić information content (AvgIpc) is 2.93. The van der Waals surface area contributed by atoms with Gasteiger partial charge in [0, 0.05) is 13.2 Å². The van der Waals surface area contributed by atoms with Gasteiger partial charge in [0.1, 0.15) is 0 Å². The quantitative estimate of drug-likeness (QED) is 0.668. The molecule has 0 aromatic heterocycles. The fourth-order valence-electron chi connectivity index (χ4n) is 1.95. The maximum Gasteiger partial charge on any atom is 0.409 e. The van der Waals surface area contributed by atoms with E-state index in [-0.39, 0.29) is 24.4 Å². The van der Waals surface area contributed by atoms with Crippen molar-refractivity contribution in [2.75, 3.05) is 33.4 Å². The Hall–Kier alpha value is -1.30. The molecule has 0 radical (unpaired) electrons. The van der Waals surface area contributed by atoms with Gasteiger partial charge < -0.3 is 19.1 Å². The molecule has 0 aromatic carbocycles. The fraction of sp³-hybridized carbons (Fsp3) is 0.857. The summed E-state index contributed by atoms with van der Waals surface area (Å²) in [4.78, 5) is 24.8. The summed E-state index contributed by atoms with van der Waals surface area (Å²) >= 11 is 0. The Morgan fingerprint density at radius 2 is 2.15 bits per heavy atom. The minimum atomic E-state index is -0.391. The Balaban J connectivity index is 2.47. The highest BCUT2D eigenvalue weighted by molar-refractivity contribution is 5.71. The van der Waals surface area contributed by atoms with E-state index in [0.29, 0.717) is 19.7 Å². The van der Waals surface area contributed by atoms with Crippen molar-refractivity contribution in [1.82, 2.24) is 4.90 Å². The van der Waals surface area contributed by atoms with Gasteiger partial charge in [-0.15, -0.1) is 0 Å². The summed E-state index contributed by atoms with van der Waals surface area (Å²) in [6.45, 7) is 5.82. The highest BCUT2D eigenvalue weighted by atomic mass is 16.6. The first kappa shape index (κ1) is 16.8. The highest BCUT2D eigenvalue weighted by Crippen LogP contribution is 2.14. The molecule has 0 spiro atoms. The van der Waals surface area contributed by atoms with E-state index in [1.807, 2.05) is 13.8 Å². The van der Waals surface area contributed by atoms with E-state index in [2.05, 4.69) is 4.74 Å². The molecule has 1 amide bonds. The van der Waals surface area contributed by atoms with Crippen LogP contribution in [-0.4, -0.2) is 56.5 Å². The van der Waals surface area contributed by atoms with E-state index in [4.69, 9.17) is 9.47 Å². The number of esters is 1. The van der Waals surface area contributed by atoms with Gasteiger partial charge in [-0.3, -0.25) is 4.79 Å². The van der Waals surface area contributed by atoms with E-state index in [9.17, 15) is 9.59 Å². The standard InChI is InChI=1S/C14H25NO5/c1-11(2)10-20-14(17)15(7-6-13(16)18-3)9-12-5-4-8-19-12/h11-12H,4-10H2,1-3H3. The lowest BCUT2D eigenvalue weighted by Gasteiger charge is -2.24. The summed E-state index contributed by atoms with van der Waals surface area (Å²) in [6, 6.07) is 0. The molecule has 1 aliphatic rings. The van der Waals surface area contributed by atoms with Crippen LogP contribution in [0.4, 0.5) is 4.79 Å². The first-order valence-corrected chi connectivity index (χ1v) is 7.13. The molecular formula is C14H25NO5. The van der Waals surface area contributed by atoms with Crippen LogP contribution in [-0.2, 0) is 19.0 Å². The Morgan fingerprint density at radius 3 is 2.70 bits per heavy atom. The van der Waals surface area contributed by atoms with E-state index < -0.39 is 6.09 Å². The molecule has 0 bridgehead atoms. The number of hydrogen-bond donors (Lipinski definition) is 0. The third-order valence-electron chi connectivity index (χ3n) is 3.06. The fourth-order valence-corrected chi connectivity index (χ4v) is 1.95. The van der Waals surface area contributed by atoms with Crippen molar-refractivity contribution in [2.24, 2.45) is 5.92 Å². The summed E-state index contributed by atoms with van der Waals surface area (Å²) in [7, 11) is 1.34. The molecule has 1 aliphatic heterocycles. The first-order valence-electron chi connectivity index (χ1n) is 7.13. The highest BCUT2D eigenvalue weighted by Gasteiger charge is 2.24. The van der Waals surface area contributed by atoms with E-state index in [1.54, 1.807) is 0 Å².